The fourth-order valence-corrected chi connectivity index (χ4v) is 2.74. The van der Waals surface area contributed by atoms with Crippen molar-refractivity contribution in [2.45, 2.75) is 13.0 Å². The molecule has 2 aromatic carbocycles. The molecule has 0 aliphatic heterocycles. The molecule has 4 N–H and O–H groups in total. The predicted molar refractivity (Wildman–Crippen MR) is 98.5 cm³/mol. The number of rotatable bonds is 4. The first kappa shape index (κ1) is 16.6. The molecule has 0 aliphatic rings. The molecule has 0 fully saturated rings. The summed E-state index contributed by atoms with van der Waals surface area (Å²) in [5.74, 6) is -1.19. The summed E-state index contributed by atoms with van der Waals surface area (Å²) < 4.78 is 5.23. The minimum Gasteiger partial charge on any atom is -0.448 e. The van der Waals surface area contributed by atoms with E-state index in [2.05, 4.69) is 25.5 Å². The van der Waals surface area contributed by atoms with Crippen LogP contribution in [0.25, 0.3) is 21.9 Å². The maximum Gasteiger partial charge on any atom is 0.360 e. The minimum atomic E-state index is -1.03. The maximum atomic E-state index is 12.3. The van der Waals surface area contributed by atoms with Crippen molar-refractivity contribution < 1.29 is 14.3 Å². The molecule has 0 unspecified atom stereocenters. The molecule has 9 heteroatoms. The molecule has 9 nitrogen and oxygen atoms in total. The third-order valence-electron chi connectivity index (χ3n) is 4.10. The standard InChI is InChI=1S/C18H15N5O4/c1-9(27-17(25)15-11-4-2-3-5-12(11)22-23-15)16(24)19-10-6-7-13-14(8-10)21-18(26)20-13/h2-9H,1H3,(H,19,24)(H,22,23)(H2,20,21,26)/t9-/m0/s1. The van der Waals surface area contributed by atoms with Gasteiger partial charge in [-0.05, 0) is 31.2 Å². The summed E-state index contributed by atoms with van der Waals surface area (Å²) in [5.41, 5.74) is 2.15. The smallest absolute Gasteiger partial charge is 0.360 e. The van der Waals surface area contributed by atoms with Crippen molar-refractivity contribution >= 4 is 39.5 Å². The maximum absolute atomic E-state index is 12.3. The Morgan fingerprint density at radius 2 is 1.85 bits per heavy atom. The molecule has 4 aromatic rings. The average molecular weight is 365 g/mol. The van der Waals surface area contributed by atoms with Crippen LogP contribution in [-0.2, 0) is 9.53 Å². The van der Waals surface area contributed by atoms with E-state index in [1.807, 2.05) is 6.07 Å². The molecular weight excluding hydrogens is 350 g/mol. The number of benzene rings is 2. The van der Waals surface area contributed by atoms with Crippen LogP contribution >= 0.6 is 0 Å². The zero-order valence-corrected chi connectivity index (χ0v) is 14.2. The predicted octanol–water partition coefficient (Wildman–Crippen LogP) is 1.92. The number of aromatic amines is 3. The summed E-state index contributed by atoms with van der Waals surface area (Å²) in [6.07, 6.45) is -1.03. The molecule has 2 aromatic heterocycles. The van der Waals surface area contributed by atoms with Crippen LogP contribution in [0.1, 0.15) is 17.4 Å². The summed E-state index contributed by atoms with van der Waals surface area (Å²) >= 11 is 0. The first-order valence-corrected chi connectivity index (χ1v) is 8.18. The van der Waals surface area contributed by atoms with Gasteiger partial charge in [0.15, 0.2) is 11.8 Å². The van der Waals surface area contributed by atoms with Crippen molar-refractivity contribution in [1.29, 1.82) is 0 Å². The molecule has 1 atom stereocenters. The second kappa shape index (κ2) is 6.45. The fraction of sp³-hybridized carbons (Fsp3) is 0.111. The molecule has 0 radical (unpaired) electrons. The van der Waals surface area contributed by atoms with Gasteiger partial charge in [-0.15, -0.1) is 0 Å². The van der Waals surface area contributed by atoms with Gasteiger partial charge in [0.25, 0.3) is 5.91 Å². The number of carbonyl (C=O) groups excluding carboxylic acids is 2. The van der Waals surface area contributed by atoms with E-state index in [-0.39, 0.29) is 11.4 Å². The Morgan fingerprint density at radius 3 is 2.70 bits per heavy atom. The van der Waals surface area contributed by atoms with E-state index in [9.17, 15) is 14.4 Å². The van der Waals surface area contributed by atoms with Gasteiger partial charge in [0.2, 0.25) is 0 Å². The Balaban J connectivity index is 1.46. The molecule has 4 rings (SSSR count). The quantitative estimate of drug-likeness (QED) is 0.410. The highest BCUT2D eigenvalue weighted by Gasteiger charge is 2.22. The number of carbonyl (C=O) groups is 2. The van der Waals surface area contributed by atoms with Crippen LogP contribution in [0.4, 0.5) is 5.69 Å². The van der Waals surface area contributed by atoms with E-state index in [0.29, 0.717) is 27.6 Å². The Labute approximate surface area is 151 Å². The van der Waals surface area contributed by atoms with Crippen molar-refractivity contribution in [2.75, 3.05) is 5.32 Å². The lowest BCUT2D eigenvalue weighted by molar-refractivity contribution is -0.123. The number of hydrogen-bond donors (Lipinski definition) is 4. The Morgan fingerprint density at radius 1 is 1.07 bits per heavy atom. The average Bonchev–Trinajstić information content (AvgIpc) is 3.23. The van der Waals surface area contributed by atoms with Gasteiger partial charge >= 0.3 is 11.7 Å². The number of H-pyrrole nitrogens is 3. The molecule has 0 saturated heterocycles. The van der Waals surface area contributed by atoms with Crippen LogP contribution in [-0.4, -0.2) is 38.1 Å². The highest BCUT2D eigenvalue weighted by atomic mass is 16.5. The zero-order valence-electron chi connectivity index (χ0n) is 14.2. The number of amides is 1. The highest BCUT2D eigenvalue weighted by Crippen LogP contribution is 2.18. The lowest BCUT2D eigenvalue weighted by Gasteiger charge is -2.13. The van der Waals surface area contributed by atoms with Gasteiger partial charge in [-0.1, -0.05) is 18.2 Å². The van der Waals surface area contributed by atoms with Gasteiger partial charge in [-0.2, -0.15) is 5.10 Å². The molecular formula is C18H15N5O4. The second-order valence-corrected chi connectivity index (χ2v) is 5.99. The first-order valence-electron chi connectivity index (χ1n) is 8.18. The first-order chi connectivity index (χ1) is 13.0. The fourth-order valence-electron chi connectivity index (χ4n) is 2.74. The van der Waals surface area contributed by atoms with Gasteiger partial charge in [0.05, 0.1) is 16.6 Å². The van der Waals surface area contributed by atoms with Gasteiger partial charge < -0.3 is 20.0 Å². The molecule has 1 amide bonds. The largest absolute Gasteiger partial charge is 0.448 e. The van der Waals surface area contributed by atoms with Gasteiger partial charge in [0, 0.05) is 11.1 Å². The summed E-state index contributed by atoms with van der Waals surface area (Å²) in [7, 11) is 0. The van der Waals surface area contributed by atoms with E-state index in [1.165, 1.54) is 6.92 Å². The lowest BCUT2D eigenvalue weighted by atomic mass is 10.2. The molecule has 27 heavy (non-hydrogen) atoms. The van der Waals surface area contributed by atoms with Crippen LogP contribution in [0.3, 0.4) is 0 Å². The summed E-state index contributed by atoms with van der Waals surface area (Å²) in [5, 5.41) is 9.98. The number of ether oxygens (including phenoxy) is 1. The number of hydrogen-bond acceptors (Lipinski definition) is 5. The Kier molecular flexibility index (Phi) is 3.96. The van der Waals surface area contributed by atoms with Crippen molar-refractivity contribution in [1.82, 2.24) is 20.2 Å². The highest BCUT2D eigenvalue weighted by molar-refractivity contribution is 6.03. The second-order valence-electron chi connectivity index (χ2n) is 5.99. The summed E-state index contributed by atoms with van der Waals surface area (Å²) in [4.78, 5) is 41.2. The van der Waals surface area contributed by atoms with Crippen molar-refractivity contribution in [2.24, 2.45) is 0 Å². The van der Waals surface area contributed by atoms with Crippen molar-refractivity contribution in [3.8, 4) is 0 Å². The van der Waals surface area contributed by atoms with Crippen LogP contribution in [0.5, 0.6) is 0 Å². The number of esters is 1. The molecule has 0 spiro atoms. The van der Waals surface area contributed by atoms with Crippen LogP contribution < -0.4 is 11.0 Å². The van der Waals surface area contributed by atoms with E-state index < -0.39 is 18.0 Å². The molecule has 0 bridgehead atoms. The van der Waals surface area contributed by atoms with E-state index >= 15 is 0 Å². The molecule has 136 valence electrons. The Bertz CT molecular complexity index is 1220. The third kappa shape index (κ3) is 3.17. The number of imidazole rings is 1. The third-order valence-corrected chi connectivity index (χ3v) is 4.10. The van der Waals surface area contributed by atoms with Crippen molar-refractivity contribution in [3.05, 3.63) is 58.6 Å². The summed E-state index contributed by atoms with van der Waals surface area (Å²) in [6.45, 7) is 1.47. The van der Waals surface area contributed by atoms with Crippen LogP contribution in [0.15, 0.2) is 47.3 Å². The number of nitrogens with zero attached hydrogens (tertiary/aromatic N) is 1. The number of anilines is 1. The topological polar surface area (TPSA) is 133 Å². The normalized spacial score (nSPS) is 12.2. The van der Waals surface area contributed by atoms with E-state index in [1.54, 1.807) is 36.4 Å². The number of aromatic nitrogens is 4. The van der Waals surface area contributed by atoms with Gasteiger partial charge in [-0.3, -0.25) is 9.89 Å². The SMILES string of the molecule is C[C@H](OC(=O)c1n[nH]c2ccccc12)C(=O)Nc1ccc2[nH]c(=O)[nH]c2c1. The molecule has 2 heterocycles. The lowest BCUT2D eigenvalue weighted by Crippen LogP contribution is -2.30. The number of para-hydroxylation sites is 1. The number of fused-ring (bicyclic) bond motifs is 2. The number of nitrogens with one attached hydrogen (secondary N) is 4. The van der Waals surface area contributed by atoms with E-state index in [4.69, 9.17) is 4.74 Å². The zero-order chi connectivity index (χ0) is 19.0. The van der Waals surface area contributed by atoms with Gasteiger partial charge in [0.1, 0.15) is 0 Å². The van der Waals surface area contributed by atoms with Crippen LogP contribution in [0, 0.1) is 0 Å². The molecule has 0 saturated carbocycles. The Hall–Kier alpha value is -3.88. The molecule has 0 aliphatic carbocycles. The van der Waals surface area contributed by atoms with Crippen molar-refractivity contribution in [3.63, 3.8) is 0 Å². The minimum absolute atomic E-state index is 0.122. The van der Waals surface area contributed by atoms with Gasteiger partial charge in [-0.25, -0.2) is 9.59 Å². The summed E-state index contributed by atoms with van der Waals surface area (Å²) in [6, 6.07) is 12.0. The van der Waals surface area contributed by atoms with E-state index in [0.717, 1.165) is 0 Å². The van der Waals surface area contributed by atoms with Crippen LogP contribution in [0.2, 0.25) is 0 Å². The monoisotopic (exact) mass is 365 g/mol.